The average Bonchev–Trinajstić information content (AvgIpc) is 3.24. The number of rotatable bonds is 6. The Hall–Kier alpha value is -1.94. The summed E-state index contributed by atoms with van der Waals surface area (Å²) < 4.78 is 31.8. The molecule has 1 aromatic carbocycles. The van der Waals surface area contributed by atoms with Gasteiger partial charge in [0.15, 0.2) is 6.61 Å². The van der Waals surface area contributed by atoms with E-state index in [9.17, 15) is 18.0 Å². The first-order valence-electron chi connectivity index (χ1n) is 8.62. The number of carbonyl (C=O) groups is 2. The van der Waals surface area contributed by atoms with Crippen molar-refractivity contribution in [3.63, 3.8) is 0 Å². The molecule has 1 aliphatic heterocycles. The molecule has 0 bridgehead atoms. The van der Waals surface area contributed by atoms with E-state index < -0.39 is 34.4 Å². The second kappa shape index (κ2) is 9.04. The zero-order valence-electron chi connectivity index (χ0n) is 14.8. The summed E-state index contributed by atoms with van der Waals surface area (Å²) in [7, 11) is -3.51. The third kappa shape index (κ3) is 5.11. The molecular formula is C18H19ClN2O5S2. The Morgan fingerprint density at radius 3 is 2.46 bits per heavy atom. The number of benzene rings is 1. The largest absolute Gasteiger partial charge is 0.455 e. The van der Waals surface area contributed by atoms with Gasteiger partial charge in [0.05, 0.1) is 5.92 Å². The standard InChI is InChI=1S/C18H19ClN2O5S2/c19-14-3-5-15(6-4-14)20-16(22)12-26-18(23)13-7-9-21(10-8-13)28(24,25)17-2-1-11-27-17/h1-6,11,13H,7-10,12H2,(H,20,22). The van der Waals surface area contributed by atoms with Gasteiger partial charge in [-0.3, -0.25) is 9.59 Å². The van der Waals surface area contributed by atoms with Crippen LogP contribution < -0.4 is 5.32 Å². The van der Waals surface area contributed by atoms with Gasteiger partial charge in [0, 0.05) is 23.8 Å². The third-order valence-corrected chi connectivity index (χ3v) is 7.87. The molecule has 1 saturated heterocycles. The molecule has 2 aromatic rings. The summed E-state index contributed by atoms with van der Waals surface area (Å²) in [5.41, 5.74) is 0.553. The van der Waals surface area contributed by atoms with Crippen molar-refractivity contribution in [3.8, 4) is 0 Å². The van der Waals surface area contributed by atoms with Gasteiger partial charge in [0.1, 0.15) is 4.21 Å². The molecule has 150 valence electrons. The van der Waals surface area contributed by atoms with Crippen LogP contribution in [0.25, 0.3) is 0 Å². The number of nitrogens with one attached hydrogen (secondary N) is 1. The van der Waals surface area contributed by atoms with Crippen LogP contribution in [-0.4, -0.2) is 44.3 Å². The maximum absolute atomic E-state index is 12.5. The average molecular weight is 443 g/mol. The number of sulfonamides is 1. The summed E-state index contributed by atoms with van der Waals surface area (Å²) in [5.74, 6) is -1.36. The Balaban J connectivity index is 1.45. The number of nitrogens with zero attached hydrogens (tertiary/aromatic N) is 1. The van der Waals surface area contributed by atoms with Crippen LogP contribution in [0.5, 0.6) is 0 Å². The maximum Gasteiger partial charge on any atom is 0.309 e. The highest BCUT2D eigenvalue weighted by atomic mass is 35.5. The van der Waals surface area contributed by atoms with Crippen LogP contribution in [0.2, 0.25) is 5.02 Å². The molecule has 0 atom stereocenters. The monoisotopic (exact) mass is 442 g/mol. The molecule has 0 spiro atoms. The lowest BCUT2D eigenvalue weighted by molar-refractivity contribution is -0.152. The van der Waals surface area contributed by atoms with Crippen LogP contribution in [0.3, 0.4) is 0 Å². The van der Waals surface area contributed by atoms with Crippen molar-refractivity contribution in [1.29, 1.82) is 0 Å². The number of amides is 1. The normalized spacial score (nSPS) is 15.9. The van der Waals surface area contributed by atoms with E-state index in [0.717, 1.165) is 0 Å². The Morgan fingerprint density at radius 2 is 1.86 bits per heavy atom. The van der Waals surface area contributed by atoms with E-state index in [2.05, 4.69) is 5.32 Å². The van der Waals surface area contributed by atoms with Crippen LogP contribution in [0.1, 0.15) is 12.8 Å². The summed E-state index contributed by atoms with van der Waals surface area (Å²) >= 11 is 6.95. The topological polar surface area (TPSA) is 92.8 Å². The molecule has 1 N–H and O–H groups in total. The first-order chi connectivity index (χ1) is 13.4. The Labute approximate surface area is 172 Å². The molecule has 1 amide bonds. The fourth-order valence-corrected chi connectivity index (χ4v) is 5.59. The maximum atomic E-state index is 12.5. The van der Waals surface area contributed by atoms with Crippen LogP contribution >= 0.6 is 22.9 Å². The van der Waals surface area contributed by atoms with Gasteiger partial charge in [-0.15, -0.1) is 11.3 Å². The molecule has 0 unspecified atom stereocenters. The van der Waals surface area contributed by atoms with Crippen molar-refractivity contribution < 1.29 is 22.7 Å². The lowest BCUT2D eigenvalue weighted by Crippen LogP contribution is -2.40. The fourth-order valence-electron chi connectivity index (χ4n) is 2.85. The zero-order valence-corrected chi connectivity index (χ0v) is 17.2. The molecule has 7 nitrogen and oxygen atoms in total. The highest BCUT2D eigenvalue weighted by Crippen LogP contribution is 2.26. The number of halogens is 1. The molecule has 2 heterocycles. The van der Waals surface area contributed by atoms with Crippen molar-refractivity contribution in [1.82, 2.24) is 4.31 Å². The number of esters is 1. The van der Waals surface area contributed by atoms with E-state index in [0.29, 0.717) is 27.8 Å². The van der Waals surface area contributed by atoms with Crippen LogP contribution in [0, 0.1) is 5.92 Å². The highest BCUT2D eigenvalue weighted by molar-refractivity contribution is 7.91. The van der Waals surface area contributed by atoms with Crippen molar-refractivity contribution >= 4 is 50.5 Å². The number of thiophene rings is 1. The van der Waals surface area contributed by atoms with E-state index >= 15 is 0 Å². The van der Waals surface area contributed by atoms with Gasteiger partial charge in [0.25, 0.3) is 15.9 Å². The summed E-state index contributed by atoms with van der Waals surface area (Å²) in [6.07, 6.45) is 0.727. The van der Waals surface area contributed by atoms with Crippen molar-refractivity contribution in [2.45, 2.75) is 17.1 Å². The van der Waals surface area contributed by atoms with Gasteiger partial charge < -0.3 is 10.1 Å². The van der Waals surface area contributed by atoms with Gasteiger partial charge in [0.2, 0.25) is 0 Å². The molecule has 1 aromatic heterocycles. The summed E-state index contributed by atoms with van der Waals surface area (Å²) in [6.45, 7) is 0.100. The lowest BCUT2D eigenvalue weighted by atomic mass is 9.98. The molecule has 1 aliphatic rings. The number of hydrogen-bond acceptors (Lipinski definition) is 6. The molecular weight excluding hydrogens is 424 g/mol. The Bertz CT molecular complexity index is 921. The molecule has 10 heteroatoms. The SMILES string of the molecule is O=C(COC(=O)C1CCN(S(=O)(=O)c2cccs2)CC1)Nc1ccc(Cl)cc1. The molecule has 3 rings (SSSR count). The fraction of sp³-hybridized carbons (Fsp3) is 0.333. The van der Waals surface area contributed by atoms with Gasteiger partial charge >= 0.3 is 5.97 Å². The van der Waals surface area contributed by atoms with E-state index in [-0.39, 0.29) is 13.1 Å². The Morgan fingerprint density at radius 1 is 1.18 bits per heavy atom. The zero-order chi connectivity index (χ0) is 20.1. The summed E-state index contributed by atoms with van der Waals surface area (Å²) in [6, 6.07) is 9.83. The molecule has 0 saturated carbocycles. The minimum atomic E-state index is -3.51. The minimum Gasteiger partial charge on any atom is -0.455 e. The number of piperidine rings is 1. The highest BCUT2D eigenvalue weighted by Gasteiger charge is 2.33. The van der Waals surface area contributed by atoms with Crippen LogP contribution in [0.15, 0.2) is 46.0 Å². The predicted octanol–water partition coefficient (Wildman–Crippen LogP) is 2.98. The van der Waals surface area contributed by atoms with Crippen molar-refractivity contribution in [2.24, 2.45) is 5.92 Å². The first kappa shape index (κ1) is 20.8. The number of hydrogen-bond donors (Lipinski definition) is 1. The second-order valence-corrected chi connectivity index (χ2v) is 9.82. The smallest absolute Gasteiger partial charge is 0.309 e. The predicted molar refractivity (Wildman–Crippen MR) is 107 cm³/mol. The van der Waals surface area contributed by atoms with E-state index in [1.54, 1.807) is 41.8 Å². The number of anilines is 1. The number of ether oxygens (including phenoxy) is 1. The number of carbonyl (C=O) groups excluding carboxylic acids is 2. The van der Waals surface area contributed by atoms with Gasteiger partial charge in [-0.1, -0.05) is 17.7 Å². The molecule has 0 aliphatic carbocycles. The van der Waals surface area contributed by atoms with Crippen LogP contribution in [-0.2, 0) is 24.3 Å². The van der Waals surface area contributed by atoms with E-state index in [1.807, 2.05) is 0 Å². The second-order valence-electron chi connectivity index (χ2n) is 6.27. The van der Waals surface area contributed by atoms with Gasteiger partial charge in [-0.25, -0.2) is 8.42 Å². The van der Waals surface area contributed by atoms with Crippen molar-refractivity contribution in [3.05, 3.63) is 46.8 Å². The quantitative estimate of drug-likeness (QED) is 0.694. The first-order valence-corrected chi connectivity index (χ1v) is 11.3. The van der Waals surface area contributed by atoms with Gasteiger partial charge in [-0.05, 0) is 48.6 Å². The molecule has 0 radical (unpaired) electrons. The van der Waals surface area contributed by atoms with Gasteiger partial charge in [-0.2, -0.15) is 4.31 Å². The van der Waals surface area contributed by atoms with E-state index in [1.165, 1.54) is 15.6 Å². The van der Waals surface area contributed by atoms with E-state index in [4.69, 9.17) is 16.3 Å². The minimum absolute atomic E-state index is 0.247. The Kier molecular flexibility index (Phi) is 6.71. The molecule has 28 heavy (non-hydrogen) atoms. The third-order valence-electron chi connectivity index (χ3n) is 4.35. The lowest BCUT2D eigenvalue weighted by Gasteiger charge is -2.29. The summed E-state index contributed by atoms with van der Waals surface area (Å²) in [5, 5.41) is 4.88. The molecule has 1 fully saturated rings. The van der Waals surface area contributed by atoms with Crippen molar-refractivity contribution in [2.75, 3.05) is 25.0 Å². The summed E-state index contributed by atoms with van der Waals surface area (Å²) in [4.78, 5) is 24.1. The van der Waals surface area contributed by atoms with Crippen LogP contribution in [0.4, 0.5) is 5.69 Å².